The van der Waals surface area contributed by atoms with Gasteiger partial charge in [-0.05, 0) is 61.1 Å². The molecule has 2 fully saturated rings. The molecule has 154 valence electrons. The molecule has 0 aromatic heterocycles. The van der Waals surface area contributed by atoms with Gasteiger partial charge in [0.25, 0.3) is 0 Å². The second-order valence-corrected chi connectivity index (χ2v) is 8.86. The molecule has 2 heterocycles. The Morgan fingerprint density at radius 3 is 2.32 bits per heavy atom. The van der Waals surface area contributed by atoms with Gasteiger partial charge in [0.05, 0.1) is 0 Å². The van der Waals surface area contributed by atoms with E-state index in [1.165, 1.54) is 12.1 Å². The zero-order valence-electron chi connectivity index (χ0n) is 17.4. The predicted molar refractivity (Wildman–Crippen MR) is 108 cm³/mol. The fourth-order valence-electron chi connectivity index (χ4n) is 4.52. The molecule has 2 aliphatic rings. The van der Waals surface area contributed by atoms with Gasteiger partial charge in [-0.15, -0.1) is 0 Å². The van der Waals surface area contributed by atoms with E-state index < -0.39 is 0 Å². The van der Waals surface area contributed by atoms with Crippen molar-refractivity contribution in [3.63, 3.8) is 0 Å². The number of benzene rings is 1. The minimum absolute atomic E-state index is 0.0280. The number of piperidine rings is 1. The Labute approximate surface area is 168 Å². The minimum atomic E-state index is -0.304. The number of likely N-dealkylation sites (tertiary alicyclic amines) is 2. The number of hydrogen-bond donors (Lipinski definition) is 0. The van der Waals surface area contributed by atoms with E-state index in [2.05, 4.69) is 20.8 Å². The molecule has 3 rings (SSSR count). The summed E-state index contributed by atoms with van der Waals surface area (Å²) in [5.41, 5.74) is 0.983. The monoisotopic (exact) mass is 388 g/mol. The van der Waals surface area contributed by atoms with E-state index in [-0.39, 0.29) is 35.5 Å². The number of amides is 2. The van der Waals surface area contributed by atoms with Crippen LogP contribution in [0.1, 0.15) is 64.4 Å². The summed E-state index contributed by atoms with van der Waals surface area (Å²) in [5, 5.41) is 0. The summed E-state index contributed by atoms with van der Waals surface area (Å²) in [4.78, 5) is 29.9. The maximum atomic E-state index is 13.3. The van der Waals surface area contributed by atoms with E-state index in [4.69, 9.17) is 0 Å². The molecule has 0 bridgehead atoms. The summed E-state index contributed by atoms with van der Waals surface area (Å²) in [6.07, 6.45) is 4.11. The van der Waals surface area contributed by atoms with E-state index in [9.17, 15) is 14.0 Å². The van der Waals surface area contributed by atoms with Crippen molar-refractivity contribution in [2.75, 3.05) is 19.6 Å². The summed E-state index contributed by atoms with van der Waals surface area (Å²) < 4.78 is 13.3. The topological polar surface area (TPSA) is 40.6 Å². The molecule has 0 aliphatic carbocycles. The first-order valence-corrected chi connectivity index (χ1v) is 10.7. The molecule has 1 unspecified atom stereocenters. The van der Waals surface area contributed by atoms with Crippen molar-refractivity contribution in [1.29, 1.82) is 0 Å². The van der Waals surface area contributed by atoms with Crippen LogP contribution < -0.4 is 0 Å². The lowest BCUT2D eigenvalue weighted by Gasteiger charge is -2.35. The van der Waals surface area contributed by atoms with Crippen LogP contribution in [0.5, 0.6) is 0 Å². The Hall–Kier alpha value is -1.91. The lowest BCUT2D eigenvalue weighted by molar-refractivity contribution is -0.145. The van der Waals surface area contributed by atoms with E-state index in [1.54, 1.807) is 17.0 Å². The first-order chi connectivity index (χ1) is 13.4. The van der Waals surface area contributed by atoms with Crippen LogP contribution in [0.3, 0.4) is 0 Å². The lowest BCUT2D eigenvalue weighted by Crippen LogP contribution is -2.50. The molecule has 0 saturated carbocycles. The number of halogens is 1. The van der Waals surface area contributed by atoms with Crippen molar-refractivity contribution in [1.82, 2.24) is 9.80 Å². The third kappa shape index (κ3) is 4.73. The number of carbonyl (C=O) groups is 2. The molecule has 2 atom stereocenters. The van der Waals surface area contributed by atoms with Gasteiger partial charge in [0.2, 0.25) is 11.8 Å². The highest BCUT2D eigenvalue weighted by Gasteiger charge is 2.38. The van der Waals surface area contributed by atoms with Crippen molar-refractivity contribution in [2.24, 2.45) is 11.8 Å². The summed E-state index contributed by atoms with van der Waals surface area (Å²) in [6.45, 7) is 8.68. The zero-order chi connectivity index (χ0) is 20.3. The molecule has 2 aliphatic heterocycles. The summed E-state index contributed by atoms with van der Waals surface area (Å²) in [6, 6.07) is 6.15. The van der Waals surface area contributed by atoms with Crippen molar-refractivity contribution in [3.8, 4) is 0 Å². The Morgan fingerprint density at radius 2 is 1.71 bits per heavy atom. The maximum absolute atomic E-state index is 13.3. The molecule has 1 aromatic carbocycles. The van der Waals surface area contributed by atoms with E-state index in [0.29, 0.717) is 18.9 Å². The molecule has 0 spiro atoms. The van der Waals surface area contributed by atoms with Crippen LogP contribution in [-0.2, 0) is 9.59 Å². The van der Waals surface area contributed by atoms with Gasteiger partial charge in [-0.2, -0.15) is 0 Å². The van der Waals surface area contributed by atoms with Gasteiger partial charge in [0, 0.05) is 26.1 Å². The van der Waals surface area contributed by atoms with Crippen molar-refractivity contribution >= 4 is 11.8 Å². The summed E-state index contributed by atoms with van der Waals surface area (Å²) in [7, 11) is 0. The maximum Gasteiger partial charge on any atom is 0.245 e. The number of nitrogens with zero attached hydrogens (tertiary/aromatic N) is 2. The Balaban J connectivity index is 1.67. The zero-order valence-corrected chi connectivity index (χ0v) is 17.4. The fraction of sp³-hybridized carbons (Fsp3) is 0.652. The normalized spacial score (nSPS) is 22.0. The molecule has 0 radical (unpaired) electrons. The first kappa shape index (κ1) is 20.8. The molecule has 28 heavy (non-hydrogen) atoms. The van der Waals surface area contributed by atoms with Gasteiger partial charge in [-0.3, -0.25) is 9.59 Å². The third-order valence-electron chi connectivity index (χ3n) is 6.45. The molecular weight excluding hydrogens is 355 g/mol. The van der Waals surface area contributed by atoms with Crippen LogP contribution in [0, 0.1) is 17.7 Å². The van der Waals surface area contributed by atoms with Crippen molar-refractivity contribution in [2.45, 2.75) is 64.8 Å². The SMILES string of the molecule is CC1CCN(C(=O)[C@@H]2CCCN2C(=O)CC(c2ccc(F)cc2)C(C)C)CC1. The molecule has 5 heteroatoms. The van der Waals surface area contributed by atoms with Gasteiger partial charge in [0.1, 0.15) is 11.9 Å². The largest absolute Gasteiger partial charge is 0.341 e. The third-order valence-corrected chi connectivity index (χ3v) is 6.45. The second-order valence-electron chi connectivity index (χ2n) is 8.86. The number of hydrogen-bond acceptors (Lipinski definition) is 2. The van der Waals surface area contributed by atoms with Crippen LogP contribution in [0.25, 0.3) is 0 Å². The van der Waals surface area contributed by atoms with Gasteiger partial charge in [-0.1, -0.05) is 32.9 Å². The predicted octanol–water partition coefficient (Wildman–Crippen LogP) is 4.20. The van der Waals surface area contributed by atoms with E-state index in [1.807, 2.05) is 4.90 Å². The average Bonchev–Trinajstić information content (AvgIpc) is 3.16. The second kappa shape index (κ2) is 9.06. The number of rotatable bonds is 5. The minimum Gasteiger partial charge on any atom is -0.341 e. The van der Waals surface area contributed by atoms with Gasteiger partial charge >= 0.3 is 0 Å². The first-order valence-electron chi connectivity index (χ1n) is 10.7. The van der Waals surface area contributed by atoms with Crippen LogP contribution >= 0.6 is 0 Å². The molecule has 1 aromatic rings. The van der Waals surface area contributed by atoms with Crippen LogP contribution in [0.2, 0.25) is 0 Å². The fourth-order valence-corrected chi connectivity index (χ4v) is 4.52. The highest BCUT2D eigenvalue weighted by molar-refractivity contribution is 5.88. The number of carbonyl (C=O) groups excluding carboxylic acids is 2. The molecular formula is C23H33FN2O2. The van der Waals surface area contributed by atoms with Crippen LogP contribution in [-0.4, -0.2) is 47.3 Å². The van der Waals surface area contributed by atoms with Crippen molar-refractivity contribution < 1.29 is 14.0 Å². The summed E-state index contributed by atoms with van der Waals surface area (Å²) in [5.74, 6) is 0.867. The van der Waals surface area contributed by atoms with E-state index >= 15 is 0 Å². The van der Waals surface area contributed by atoms with Crippen LogP contribution in [0.15, 0.2) is 24.3 Å². The molecule has 0 N–H and O–H groups in total. The Bertz CT molecular complexity index is 680. The standard InChI is InChI=1S/C23H33FN2O2/c1-16(2)20(18-6-8-19(24)9-7-18)15-22(27)26-12-4-5-21(26)23(28)25-13-10-17(3)11-14-25/h6-9,16-17,20-21H,4-5,10-15H2,1-3H3/t20?,21-/m0/s1. The highest BCUT2D eigenvalue weighted by Crippen LogP contribution is 2.31. The molecule has 4 nitrogen and oxygen atoms in total. The quantitative estimate of drug-likeness (QED) is 0.758. The lowest BCUT2D eigenvalue weighted by atomic mass is 9.85. The van der Waals surface area contributed by atoms with Gasteiger partial charge in [-0.25, -0.2) is 4.39 Å². The summed E-state index contributed by atoms with van der Waals surface area (Å²) >= 11 is 0. The van der Waals surface area contributed by atoms with Gasteiger partial charge in [0.15, 0.2) is 0 Å². The molecule has 2 saturated heterocycles. The van der Waals surface area contributed by atoms with Crippen LogP contribution in [0.4, 0.5) is 4.39 Å². The Morgan fingerprint density at radius 1 is 1.07 bits per heavy atom. The average molecular weight is 389 g/mol. The highest BCUT2D eigenvalue weighted by atomic mass is 19.1. The van der Waals surface area contributed by atoms with Gasteiger partial charge < -0.3 is 9.80 Å². The van der Waals surface area contributed by atoms with E-state index in [0.717, 1.165) is 44.3 Å². The smallest absolute Gasteiger partial charge is 0.245 e. The molecule has 2 amide bonds. The Kier molecular flexibility index (Phi) is 6.73. The van der Waals surface area contributed by atoms with Crippen molar-refractivity contribution in [3.05, 3.63) is 35.6 Å².